The third-order valence-electron chi connectivity index (χ3n) is 4.63. The van der Waals surface area contributed by atoms with Gasteiger partial charge in [0.15, 0.2) is 0 Å². The molecule has 0 bridgehead atoms. The number of hydrogen-bond donors (Lipinski definition) is 2. The maximum absolute atomic E-state index is 13.1. The Bertz CT molecular complexity index is 892. The second kappa shape index (κ2) is 5.66. The number of likely N-dealkylation sites (N-methyl/N-ethyl adjacent to an activating group) is 1. The zero-order valence-corrected chi connectivity index (χ0v) is 13.6. The van der Waals surface area contributed by atoms with E-state index >= 15 is 0 Å². The van der Waals surface area contributed by atoms with Crippen molar-refractivity contribution < 1.29 is 14.7 Å². The molecule has 2 aromatic carbocycles. The number of phenolic OH excluding ortho intramolecular Hbond substituents is 1. The van der Waals surface area contributed by atoms with Crippen LogP contribution in [0.1, 0.15) is 11.6 Å². The summed E-state index contributed by atoms with van der Waals surface area (Å²) in [6, 6.07) is 15.3. The van der Waals surface area contributed by atoms with Gasteiger partial charge in [-0.2, -0.15) is 0 Å². The number of phenols is 1. The van der Waals surface area contributed by atoms with Gasteiger partial charge >= 0.3 is 6.03 Å². The van der Waals surface area contributed by atoms with Gasteiger partial charge in [-0.3, -0.25) is 9.69 Å². The highest BCUT2D eigenvalue weighted by molar-refractivity contribution is 6.11. The van der Waals surface area contributed by atoms with Crippen molar-refractivity contribution in [3.63, 3.8) is 0 Å². The minimum absolute atomic E-state index is 0.0948. The molecular formula is C19H17N3O3. The largest absolute Gasteiger partial charge is 0.508 e. The van der Waals surface area contributed by atoms with E-state index in [0.29, 0.717) is 23.5 Å². The standard InChI is InChI=1S/C19H17N3O3/c1-21-15-11-22(13-8-5-9-14(23)10-13)18(24)16(15)17(20-19(21)25)12-6-3-2-4-7-12/h2-10,17,23H,11H2,1H3,(H,20,25). The number of nitrogens with one attached hydrogen (secondary N) is 1. The maximum atomic E-state index is 13.1. The van der Waals surface area contributed by atoms with Crippen LogP contribution >= 0.6 is 0 Å². The van der Waals surface area contributed by atoms with E-state index in [1.54, 1.807) is 36.2 Å². The van der Waals surface area contributed by atoms with Crippen LogP contribution in [0.15, 0.2) is 65.9 Å². The molecule has 0 fully saturated rings. The number of amides is 3. The summed E-state index contributed by atoms with van der Waals surface area (Å²) in [6.45, 7) is 0.297. The Kier molecular flexibility index (Phi) is 3.46. The fraction of sp³-hybridized carbons (Fsp3) is 0.158. The molecule has 2 heterocycles. The molecule has 0 saturated heterocycles. The molecule has 0 aliphatic carbocycles. The molecular weight excluding hydrogens is 318 g/mol. The molecule has 2 aromatic rings. The van der Waals surface area contributed by atoms with Gasteiger partial charge in [0.2, 0.25) is 0 Å². The Balaban J connectivity index is 1.77. The number of nitrogens with zero attached hydrogens (tertiary/aromatic N) is 2. The van der Waals surface area contributed by atoms with Crippen molar-refractivity contribution in [1.29, 1.82) is 0 Å². The fourth-order valence-electron chi connectivity index (χ4n) is 3.33. The van der Waals surface area contributed by atoms with E-state index in [4.69, 9.17) is 0 Å². The lowest BCUT2D eigenvalue weighted by molar-refractivity contribution is -0.114. The van der Waals surface area contributed by atoms with Gasteiger partial charge in [-0.1, -0.05) is 36.4 Å². The Morgan fingerprint density at radius 1 is 1.08 bits per heavy atom. The molecule has 126 valence electrons. The zero-order valence-electron chi connectivity index (χ0n) is 13.6. The molecule has 1 unspecified atom stereocenters. The first-order chi connectivity index (χ1) is 12.1. The average Bonchev–Trinajstić information content (AvgIpc) is 2.97. The minimum atomic E-state index is -0.477. The van der Waals surface area contributed by atoms with Crippen LogP contribution in [0.2, 0.25) is 0 Å². The van der Waals surface area contributed by atoms with Crippen molar-refractivity contribution in [1.82, 2.24) is 10.2 Å². The SMILES string of the molecule is CN1C(=O)NC(c2ccccc2)C2=C1CN(c1cccc(O)c1)C2=O. The smallest absolute Gasteiger partial charge is 0.322 e. The normalized spacial score (nSPS) is 20.0. The van der Waals surface area contributed by atoms with E-state index in [0.717, 1.165) is 5.56 Å². The summed E-state index contributed by atoms with van der Waals surface area (Å²) in [5.41, 5.74) is 2.72. The molecule has 0 spiro atoms. The molecule has 2 N–H and O–H groups in total. The summed E-state index contributed by atoms with van der Waals surface area (Å²) in [7, 11) is 1.66. The van der Waals surface area contributed by atoms with E-state index < -0.39 is 6.04 Å². The molecule has 0 radical (unpaired) electrons. The van der Waals surface area contributed by atoms with E-state index in [-0.39, 0.29) is 17.7 Å². The first-order valence-electron chi connectivity index (χ1n) is 7.99. The summed E-state index contributed by atoms with van der Waals surface area (Å²) in [4.78, 5) is 28.5. The highest BCUT2D eigenvalue weighted by Gasteiger charge is 2.43. The average molecular weight is 335 g/mol. The number of anilines is 1. The van der Waals surface area contributed by atoms with Gasteiger partial charge in [-0.25, -0.2) is 4.79 Å². The van der Waals surface area contributed by atoms with Crippen LogP contribution < -0.4 is 10.2 Å². The molecule has 2 aliphatic heterocycles. The Hall–Kier alpha value is -3.28. The van der Waals surface area contributed by atoms with Gasteiger partial charge in [0, 0.05) is 18.8 Å². The van der Waals surface area contributed by atoms with Gasteiger partial charge < -0.3 is 15.3 Å². The number of benzene rings is 2. The van der Waals surface area contributed by atoms with E-state index in [1.165, 1.54) is 4.90 Å². The third-order valence-corrected chi connectivity index (χ3v) is 4.63. The van der Waals surface area contributed by atoms with Crippen LogP contribution in [0, 0.1) is 0 Å². The summed E-state index contributed by atoms with van der Waals surface area (Å²) in [5, 5.41) is 12.6. The van der Waals surface area contributed by atoms with E-state index in [2.05, 4.69) is 5.32 Å². The number of aromatic hydroxyl groups is 1. The lowest BCUT2D eigenvalue weighted by Crippen LogP contribution is -2.45. The second-order valence-electron chi connectivity index (χ2n) is 6.12. The first kappa shape index (κ1) is 15.3. The van der Waals surface area contributed by atoms with Crippen molar-refractivity contribution >= 4 is 17.6 Å². The van der Waals surface area contributed by atoms with Gasteiger partial charge in [0.1, 0.15) is 5.75 Å². The predicted molar refractivity (Wildman–Crippen MR) is 93.0 cm³/mol. The molecule has 3 amide bonds. The first-order valence-corrected chi connectivity index (χ1v) is 7.99. The quantitative estimate of drug-likeness (QED) is 0.885. The van der Waals surface area contributed by atoms with Gasteiger partial charge in [-0.15, -0.1) is 0 Å². The predicted octanol–water partition coefficient (Wildman–Crippen LogP) is 2.39. The number of urea groups is 1. The number of hydrogen-bond acceptors (Lipinski definition) is 3. The van der Waals surface area contributed by atoms with Crippen LogP contribution in [0.3, 0.4) is 0 Å². The summed E-state index contributed by atoms with van der Waals surface area (Å²) >= 11 is 0. The van der Waals surface area contributed by atoms with Gasteiger partial charge in [0.25, 0.3) is 5.91 Å². The molecule has 1 atom stereocenters. The third kappa shape index (κ3) is 2.42. The maximum Gasteiger partial charge on any atom is 0.322 e. The Morgan fingerprint density at radius 3 is 2.56 bits per heavy atom. The van der Waals surface area contributed by atoms with Crippen LogP contribution in [0.4, 0.5) is 10.5 Å². The number of carbonyl (C=O) groups excluding carboxylic acids is 2. The molecule has 6 heteroatoms. The molecule has 4 rings (SSSR count). The van der Waals surface area contributed by atoms with Crippen LogP contribution in [0.25, 0.3) is 0 Å². The lowest BCUT2D eigenvalue weighted by atomic mass is 9.96. The Morgan fingerprint density at radius 2 is 1.84 bits per heavy atom. The highest BCUT2D eigenvalue weighted by Crippen LogP contribution is 2.37. The van der Waals surface area contributed by atoms with Gasteiger partial charge in [0.05, 0.1) is 23.9 Å². The second-order valence-corrected chi connectivity index (χ2v) is 6.12. The van der Waals surface area contributed by atoms with E-state index in [1.807, 2.05) is 30.3 Å². The van der Waals surface area contributed by atoms with Crippen molar-refractivity contribution in [3.8, 4) is 5.75 Å². The molecule has 2 aliphatic rings. The molecule has 0 saturated carbocycles. The van der Waals surface area contributed by atoms with Crippen LogP contribution in [-0.4, -0.2) is 35.5 Å². The number of carbonyl (C=O) groups is 2. The van der Waals surface area contributed by atoms with Crippen molar-refractivity contribution in [3.05, 3.63) is 71.4 Å². The van der Waals surface area contributed by atoms with Crippen molar-refractivity contribution in [2.24, 2.45) is 0 Å². The van der Waals surface area contributed by atoms with Gasteiger partial charge in [-0.05, 0) is 17.7 Å². The Labute approximate surface area is 145 Å². The topological polar surface area (TPSA) is 72.9 Å². The lowest BCUT2D eigenvalue weighted by Gasteiger charge is -2.31. The van der Waals surface area contributed by atoms with Crippen molar-refractivity contribution in [2.75, 3.05) is 18.5 Å². The minimum Gasteiger partial charge on any atom is -0.508 e. The summed E-state index contributed by atoms with van der Waals surface area (Å²) in [5.74, 6) is -0.0707. The highest BCUT2D eigenvalue weighted by atomic mass is 16.3. The number of rotatable bonds is 2. The molecule has 6 nitrogen and oxygen atoms in total. The molecule has 25 heavy (non-hydrogen) atoms. The van der Waals surface area contributed by atoms with Crippen LogP contribution in [-0.2, 0) is 4.79 Å². The van der Waals surface area contributed by atoms with Crippen molar-refractivity contribution in [2.45, 2.75) is 6.04 Å². The zero-order chi connectivity index (χ0) is 17.6. The summed E-state index contributed by atoms with van der Waals surface area (Å²) in [6.07, 6.45) is 0. The van der Waals surface area contributed by atoms with E-state index in [9.17, 15) is 14.7 Å². The molecule has 0 aromatic heterocycles. The fourth-order valence-corrected chi connectivity index (χ4v) is 3.33. The summed E-state index contributed by atoms with van der Waals surface area (Å²) < 4.78 is 0. The van der Waals surface area contributed by atoms with Crippen LogP contribution in [0.5, 0.6) is 5.75 Å². The monoisotopic (exact) mass is 335 g/mol.